The Morgan fingerprint density at radius 3 is 2.50 bits per heavy atom. The molecule has 122 valence electrons. The van der Waals surface area contributed by atoms with E-state index >= 15 is 0 Å². The van der Waals surface area contributed by atoms with Gasteiger partial charge in [0, 0.05) is 25.4 Å². The average molecular weight is 310 g/mol. The summed E-state index contributed by atoms with van der Waals surface area (Å²) in [4.78, 5) is 28.2. The fraction of sp³-hybridized carbons (Fsp3) is 0.667. The van der Waals surface area contributed by atoms with Crippen LogP contribution in [-0.2, 0) is 9.53 Å². The second kappa shape index (κ2) is 5.39. The molecule has 2 N–H and O–H groups in total. The number of aliphatic carboxylic acids is 1. The lowest BCUT2D eigenvalue weighted by atomic mass is 9.54. The summed E-state index contributed by atoms with van der Waals surface area (Å²) in [6.45, 7) is 9.20. The fourth-order valence-corrected chi connectivity index (χ4v) is 3.03. The van der Waals surface area contributed by atoms with Gasteiger partial charge in [0.1, 0.15) is 5.54 Å². The molecule has 7 heteroatoms. The number of hydrogen-bond acceptors (Lipinski definition) is 5. The molecule has 1 aliphatic carbocycles. The smallest absolute Gasteiger partial charge is 0.330 e. The van der Waals surface area contributed by atoms with Gasteiger partial charge in [-0.2, -0.15) is 0 Å². The predicted octanol–water partition coefficient (Wildman–Crippen LogP) is 1.68. The number of nitrogens with one attached hydrogen (secondary N) is 1. The van der Waals surface area contributed by atoms with Crippen molar-refractivity contribution < 1.29 is 23.8 Å². The number of aryl methyl sites for hydroxylation is 2. The summed E-state index contributed by atoms with van der Waals surface area (Å²) in [6, 6.07) is 0. The summed E-state index contributed by atoms with van der Waals surface area (Å²) in [7, 11) is 0. The molecule has 0 bridgehead atoms. The van der Waals surface area contributed by atoms with Crippen LogP contribution < -0.4 is 5.32 Å². The summed E-state index contributed by atoms with van der Waals surface area (Å²) >= 11 is 0. The molecule has 7 nitrogen and oxygen atoms in total. The maximum atomic E-state index is 12.4. The van der Waals surface area contributed by atoms with Gasteiger partial charge in [0.2, 0.25) is 5.76 Å². The molecule has 0 aromatic carbocycles. The highest BCUT2D eigenvalue weighted by molar-refractivity contribution is 5.97. The number of hydrogen-bond donors (Lipinski definition) is 2. The Hall–Kier alpha value is -1.89. The number of nitrogens with zero attached hydrogens (tertiary/aromatic N) is 1. The topological polar surface area (TPSA) is 102 Å². The second-order valence-corrected chi connectivity index (χ2v) is 6.18. The van der Waals surface area contributed by atoms with Crippen LogP contribution in [0.5, 0.6) is 0 Å². The number of oxazole rings is 1. The van der Waals surface area contributed by atoms with Crippen LogP contribution in [0.4, 0.5) is 0 Å². The molecule has 22 heavy (non-hydrogen) atoms. The highest BCUT2D eigenvalue weighted by Gasteiger charge is 2.66. The number of carboxylic acids is 1. The van der Waals surface area contributed by atoms with Gasteiger partial charge in [0.15, 0.2) is 5.89 Å². The monoisotopic (exact) mass is 310 g/mol. The molecule has 1 aromatic heterocycles. The van der Waals surface area contributed by atoms with Gasteiger partial charge in [-0.05, 0) is 13.8 Å². The zero-order valence-corrected chi connectivity index (χ0v) is 13.5. The number of carbonyl (C=O) groups excluding carboxylic acids is 1. The molecule has 0 radical (unpaired) electrons. The lowest BCUT2D eigenvalue weighted by Crippen LogP contribution is -2.76. The van der Waals surface area contributed by atoms with Crippen LogP contribution >= 0.6 is 0 Å². The molecule has 2 atom stereocenters. The summed E-state index contributed by atoms with van der Waals surface area (Å²) in [5.41, 5.74) is -1.67. The average Bonchev–Trinajstić information content (AvgIpc) is 2.75. The first-order valence-electron chi connectivity index (χ1n) is 7.27. The van der Waals surface area contributed by atoms with E-state index in [9.17, 15) is 14.7 Å². The zero-order chi connectivity index (χ0) is 16.7. The van der Waals surface area contributed by atoms with Crippen LogP contribution in [0.3, 0.4) is 0 Å². The first-order chi connectivity index (χ1) is 10.2. The molecule has 1 amide bonds. The molecule has 0 spiro atoms. The van der Waals surface area contributed by atoms with Crippen LogP contribution in [-0.4, -0.2) is 40.2 Å². The molecule has 1 aliphatic rings. The Kier molecular flexibility index (Phi) is 4.04. The molecule has 1 saturated carbocycles. The Balaban J connectivity index is 2.26. The van der Waals surface area contributed by atoms with Gasteiger partial charge >= 0.3 is 5.97 Å². The lowest BCUT2D eigenvalue weighted by molar-refractivity contribution is -0.190. The van der Waals surface area contributed by atoms with Gasteiger partial charge in [-0.1, -0.05) is 13.8 Å². The Morgan fingerprint density at radius 1 is 1.45 bits per heavy atom. The first-order valence-corrected chi connectivity index (χ1v) is 7.27. The third-order valence-electron chi connectivity index (χ3n) is 4.57. The summed E-state index contributed by atoms with van der Waals surface area (Å²) < 4.78 is 10.8. The van der Waals surface area contributed by atoms with E-state index in [-0.39, 0.29) is 18.3 Å². The minimum atomic E-state index is -1.38. The number of ether oxygens (including phenoxy) is 1. The maximum Gasteiger partial charge on any atom is 0.330 e. The van der Waals surface area contributed by atoms with Crippen LogP contribution in [0.1, 0.15) is 49.3 Å². The lowest BCUT2D eigenvalue weighted by Gasteiger charge is -2.58. The van der Waals surface area contributed by atoms with Crippen LogP contribution in [0.15, 0.2) is 4.42 Å². The highest BCUT2D eigenvalue weighted by Crippen LogP contribution is 2.51. The van der Waals surface area contributed by atoms with Gasteiger partial charge in [0.05, 0.1) is 11.8 Å². The quantitative estimate of drug-likeness (QED) is 0.858. The molecule has 0 unspecified atom stereocenters. The van der Waals surface area contributed by atoms with Crippen molar-refractivity contribution in [2.45, 2.75) is 52.7 Å². The van der Waals surface area contributed by atoms with E-state index in [1.165, 1.54) is 0 Å². The van der Waals surface area contributed by atoms with Gasteiger partial charge in [-0.25, -0.2) is 9.78 Å². The molecular weight excluding hydrogens is 288 g/mol. The van der Waals surface area contributed by atoms with Crippen molar-refractivity contribution in [2.75, 3.05) is 6.61 Å². The third-order valence-corrected chi connectivity index (χ3v) is 4.57. The number of carboxylic acid groups (broad SMARTS) is 1. The molecule has 1 fully saturated rings. The number of amides is 1. The summed E-state index contributed by atoms with van der Waals surface area (Å²) in [5.74, 6) is -1.22. The van der Waals surface area contributed by atoms with E-state index in [1.807, 2.05) is 6.92 Å². The van der Waals surface area contributed by atoms with Crippen molar-refractivity contribution in [3.8, 4) is 0 Å². The largest absolute Gasteiger partial charge is 0.479 e. The molecular formula is C15H22N2O5. The number of carbonyl (C=O) groups is 2. The predicted molar refractivity (Wildman–Crippen MR) is 77.6 cm³/mol. The van der Waals surface area contributed by atoms with E-state index in [0.29, 0.717) is 18.2 Å². The standard InChI is InChI=1S/C15H22N2O5/c1-6-21-10-7-15(13(19)20,14(10,4)5)17-12(18)11-8(2)16-9(3)22-11/h10H,6-7H2,1-5H3,(H,17,18)(H,19,20)/t10-,15+/m1/s1. The highest BCUT2D eigenvalue weighted by atomic mass is 16.5. The van der Waals surface area contributed by atoms with Crippen molar-refractivity contribution >= 4 is 11.9 Å². The summed E-state index contributed by atoms with van der Waals surface area (Å²) in [6.07, 6.45) is 0.00705. The number of rotatable bonds is 5. The second-order valence-electron chi connectivity index (χ2n) is 6.18. The van der Waals surface area contributed by atoms with Gasteiger partial charge < -0.3 is 19.6 Å². The van der Waals surface area contributed by atoms with Crippen LogP contribution in [0.2, 0.25) is 0 Å². The normalized spacial score (nSPS) is 26.3. The van der Waals surface area contributed by atoms with E-state index in [1.54, 1.807) is 27.7 Å². The molecule has 2 rings (SSSR count). The third kappa shape index (κ3) is 2.29. The van der Waals surface area contributed by atoms with Crippen molar-refractivity contribution in [3.05, 3.63) is 17.3 Å². The summed E-state index contributed by atoms with van der Waals surface area (Å²) in [5, 5.41) is 12.3. The minimum Gasteiger partial charge on any atom is -0.479 e. The van der Waals surface area contributed by atoms with Gasteiger partial charge in [-0.3, -0.25) is 4.79 Å². The number of aromatic nitrogens is 1. The molecule has 1 heterocycles. The Labute approximate surface area is 129 Å². The van der Waals surface area contributed by atoms with E-state index in [0.717, 1.165) is 0 Å². The maximum absolute atomic E-state index is 12.4. The molecule has 0 aliphatic heterocycles. The fourth-order valence-electron chi connectivity index (χ4n) is 3.03. The van der Waals surface area contributed by atoms with E-state index in [4.69, 9.17) is 9.15 Å². The first kappa shape index (κ1) is 16.5. The minimum absolute atomic E-state index is 0.0498. The Bertz CT molecular complexity index is 607. The van der Waals surface area contributed by atoms with Crippen LogP contribution in [0.25, 0.3) is 0 Å². The molecule has 1 aromatic rings. The van der Waals surface area contributed by atoms with Crippen LogP contribution in [0, 0.1) is 19.3 Å². The van der Waals surface area contributed by atoms with Gasteiger partial charge in [0.25, 0.3) is 5.91 Å². The van der Waals surface area contributed by atoms with E-state index < -0.39 is 22.8 Å². The van der Waals surface area contributed by atoms with Crippen molar-refractivity contribution in [1.29, 1.82) is 0 Å². The molecule has 0 saturated heterocycles. The SMILES string of the molecule is CCO[C@@H]1C[C@](NC(=O)c2oc(C)nc2C)(C(=O)O)C1(C)C. The van der Waals surface area contributed by atoms with Crippen molar-refractivity contribution in [2.24, 2.45) is 5.41 Å². The van der Waals surface area contributed by atoms with Gasteiger partial charge in [-0.15, -0.1) is 0 Å². The van der Waals surface area contributed by atoms with Crippen molar-refractivity contribution in [3.63, 3.8) is 0 Å². The van der Waals surface area contributed by atoms with E-state index in [2.05, 4.69) is 10.3 Å². The van der Waals surface area contributed by atoms with Crippen molar-refractivity contribution in [1.82, 2.24) is 10.3 Å². The zero-order valence-electron chi connectivity index (χ0n) is 13.5. The Morgan fingerprint density at radius 2 is 2.09 bits per heavy atom.